The lowest BCUT2D eigenvalue weighted by atomic mass is 9.93. The third-order valence-corrected chi connectivity index (χ3v) is 8.10. The topological polar surface area (TPSA) is 101 Å². The van der Waals surface area contributed by atoms with E-state index < -0.39 is 0 Å². The lowest BCUT2D eigenvalue weighted by Gasteiger charge is -2.18. The Hall–Kier alpha value is -3.78. The van der Waals surface area contributed by atoms with Gasteiger partial charge < -0.3 is 16.0 Å². The van der Waals surface area contributed by atoms with E-state index in [2.05, 4.69) is 62.4 Å². The Balaban J connectivity index is 1.24. The van der Waals surface area contributed by atoms with Crippen LogP contribution in [0.4, 0.5) is 5.82 Å². The molecule has 0 spiro atoms. The minimum Gasteiger partial charge on any atom is -0.382 e. The minimum absolute atomic E-state index is 0.0191. The van der Waals surface area contributed by atoms with Crippen LogP contribution in [0.25, 0.3) is 27.8 Å². The van der Waals surface area contributed by atoms with E-state index in [1.165, 1.54) is 4.91 Å². The van der Waals surface area contributed by atoms with Crippen molar-refractivity contribution in [1.29, 1.82) is 0 Å². The number of amides is 1. The maximum Gasteiger partial charge on any atom is 0.247 e. The first-order chi connectivity index (χ1) is 17.6. The Morgan fingerprint density at radius 1 is 1.33 bits per heavy atom. The highest BCUT2D eigenvalue weighted by Crippen LogP contribution is 2.40. The molecule has 1 aromatic carbocycles. The predicted molar refractivity (Wildman–Crippen MR) is 146 cm³/mol. The Labute approximate surface area is 213 Å². The number of benzene rings is 1. The Morgan fingerprint density at radius 2 is 2.22 bits per heavy atom. The van der Waals surface area contributed by atoms with Crippen LogP contribution in [0, 0.1) is 5.92 Å². The molecule has 1 aliphatic carbocycles. The van der Waals surface area contributed by atoms with Crippen molar-refractivity contribution in [1.82, 2.24) is 24.7 Å². The van der Waals surface area contributed by atoms with Crippen molar-refractivity contribution in [3.63, 3.8) is 0 Å². The zero-order valence-corrected chi connectivity index (χ0v) is 20.9. The molecule has 0 bridgehead atoms. The average molecular weight is 497 g/mol. The molecule has 4 N–H and O–H groups in total. The zero-order chi connectivity index (χ0) is 24.6. The number of hydrogen-bond donors (Lipinski definition) is 3. The van der Waals surface area contributed by atoms with Crippen molar-refractivity contribution >= 4 is 39.9 Å². The Morgan fingerprint density at radius 3 is 3.08 bits per heavy atom. The monoisotopic (exact) mass is 496 g/mol. The maximum atomic E-state index is 12.8. The largest absolute Gasteiger partial charge is 0.382 e. The van der Waals surface area contributed by atoms with Crippen molar-refractivity contribution in [2.45, 2.75) is 32.1 Å². The standard InChI is InChI=1S/C28H28N6OS/c1-2-17(9-11-31-28(35)20-7-8-23-19(15-20)10-14-36-23)27-33-24(25-26(29)30-12-13-34(25)27)22-16-18-5-3-4-6-21(18)32-22/h3-8,10,12-14,16-17,19,32H,2,9,11,15H2,1H3,(H2,29,30)(H,31,35). The summed E-state index contributed by atoms with van der Waals surface area (Å²) in [5.74, 6) is 1.90. The highest BCUT2D eigenvalue weighted by Gasteiger charge is 2.25. The Kier molecular flexibility index (Phi) is 5.89. The molecule has 0 radical (unpaired) electrons. The first-order valence-electron chi connectivity index (χ1n) is 12.3. The van der Waals surface area contributed by atoms with E-state index in [4.69, 9.17) is 10.7 Å². The number of nitrogens with zero attached hydrogens (tertiary/aromatic N) is 3. The van der Waals surface area contributed by atoms with E-state index in [1.54, 1.807) is 18.0 Å². The number of carbonyl (C=O) groups excluding carboxylic acids is 1. The van der Waals surface area contributed by atoms with Gasteiger partial charge in [-0.15, -0.1) is 11.8 Å². The highest BCUT2D eigenvalue weighted by atomic mass is 32.2. The number of imidazole rings is 1. The van der Waals surface area contributed by atoms with Gasteiger partial charge in [-0.25, -0.2) is 9.97 Å². The molecule has 4 heterocycles. The summed E-state index contributed by atoms with van der Waals surface area (Å²) in [5, 5.41) is 6.37. The van der Waals surface area contributed by atoms with Gasteiger partial charge in [-0.1, -0.05) is 43.4 Å². The number of fused-ring (bicyclic) bond motifs is 3. The lowest BCUT2D eigenvalue weighted by molar-refractivity contribution is -0.117. The lowest BCUT2D eigenvalue weighted by Crippen LogP contribution is -2.28. The normalized spacial score (nSPS) is 17.8. The number of para-hydroxylation sites is 1. The number of nitrogens with one attached hydrogen (secondary N) is 2. The fourth-order valence-electron chi connectivity index (χ4n) is 5.14. The smallest absolute Gasteiger partial charge is 0.247 e. The van der Waals surface area contributed by atoms with Crippen molar-refractivity contribution in [3.8, 4) is 11.4 Å². The van der Waals surface area contributed by atoms with Gasteiger partial charge in [-0.05, 0) is 41.7 Å². The quantitative estimate of drug-likeness (QED) is 0.311. The maximum absolute atomic E-state index is 12.8. The molecule has 6 rings (SSSR count). The van der Waals surface area contributed by atoms with Crippen molar-refractivity contribution in [2.24, 2.45) is 5.92 Å². The van der Waals surface area contributed by atoms with Crippen LogP contribution in [-0.4, -0.2) is 31.8 Å². The molecule has 7 nitrogen and oxygen atoms in total. The number of nitrogens with two attached hydrogens (primary N) is 1. The molecule has 36 heavy (non-hydrogen) atoms. The number of hydrogen-bond acceptors (Lipinski definition) is 5. The van der Waals surface area contributed by atoms with Gasteiger partial charge in [0, 0.05) is 47.3 Å². The minimum atomic E-state index is 0.0191. The number of rotatable bonds is 7. The SMILES string of the molecule is CCC(CCNC(=O)C1=CC=C2SC=CC2C1)c1nc(-c2cc3ccccc3[nH]2)c2c(N)nccn12. The summed E-state index contributed by atoms with van der Waals surface area (Å²) in [6.45, 7) is 2.73. The summed E-state index contributed by atoms with van der Waals surface area (Å²) >= 11 is 1.74. The van der Waals surface area contributed by atoms with Gasteiger partial charge in [0.25, 0.3) is 0 Å². The van der Waals surface area contributed by atoms with Crippen LogP contribution in [0.15, 0.2) is 76.8 Å². The summed E-state index contributed by atoms with van der Waals surface area (Å²) in [7, 11) is 0. The summed E-state index contributed by atoms with van der Waals surface area (Å²) in [6, 6.07) is 10.3. The number of thioether (sulfide) groups is 1. The van der Waals surface area contributed by atoms with Gasteiger partial charge in [-0.3, -0.25) is 9.20 Å². The van der Waals surface area contributed by atoms with Crippen molar-refractivity contribution in [2.75, 3.05) is 12.3 Å². The number of nitrogen functional groups attached to an aromatic ring is 1. The van der Waals surface area contributed by atoms with Crippen LogP contribution in [0.5, 0.6) is 0 Å². The van der Waals surface area contributed by atoms with Crippen LogP contribution >= 0.6 is 11.8 Å². The molecule has 2 aliphatic rings. The van der Waals surface area contributed by atoms with E-state index >= 15 is 0 Å². The summed E-state index contributed by atoms with van der Waals surface area (Å²) in [6.07, 6.45) is 12.3. The molecule has 8 heteroatoms. The third kappa shape index (κ3) is 4.01. The van der Waals surface area contributed by atoms with Crippen LogP contribution in [0.1, 0.15) is 37.9 Å². The average Bonchev–Trinajstić information content (AvgIpc) is 3.63. The first-order valence-corrected chi connectivity index (χ1v) is 13.2. The third-order valence-electron chi connectivity index (χ3n) is 7.09. The van der Waals surface area contributed by atoms with Gasteiger partial charge in [0.2, 0.25) is 5.91 Å². The zero-order valence-electron chi connectivity index (χ0n) is 20.1. The number of aromatic nitrogens is 4. The molecule has 0 saturated heterocycles. The van der Waals surface area contributed by atoms with E-state index in [1.807, 2.05) is 24.4 Å². The van der Waals surface area contributed by atoms with Gasteiger partial charge in [0.05, 0.1) is 5.69 Å². The fourth-order valence-corrected chi connectivity index (χ4v) is 6.04. The highest BCUT2D eigenvalue weighted by molar-refractivity contribution is 8.06. The second-order valence-electron chi connectivity index (χ2n) is 9.29. The Bertz CT molecular complexity index is 1530. The van der Waals surface area contributed by atoms with Gasteiger partial charge in [-0.2, -0.15) is 0 Å². The van der Waals surface area contributed by atoms with Crippen molar-refractivity contribution in [3.05, 3.63) is 82.7 Å². The second-order valence-corrected chi connectivity index (χ2v) is 10.3. The summed E-state index contributed by atoms with van der Waals surface area (Å²) < 4.78 is 2.05. The molecule has 2 unspecified atom stereocenters. The number of allylic oxidation sites excluding steroid dienone is 4. The molecule has 1 amide bonds. The number of carbonyl (C=O) groups is 1. The second kappa shape index (κ2) is 9.35. The van der Waals surface area contributed by atoms with E-state index in [0.29, 0.717) is 18.3 Å². The molecule has 1 aliphatic heterocycles. The predicted octanol–water partition coefficient (Wildman–Crippen LogP) is 5.55. The van der Waals surface area contributed by atoms with Crippen LogP contribution in [0.2, 0.25) is 0 Å². The van der Waals surface area contributed by atoms with Crippen LogP contribution in [-0.2, 0) is 4.79 Å². The van der Waals surface area contributed by atoms with Crippen molar-refractivity contribution < 1.29 is 4.79 Å². The van der Waals surface area contributed by atoms with E-state index in [9.17, 15) is 4.79 Å². The molecule has 2 atom stereocenters. The van der Waals surface area contributed by atoms with E-state index in [0.717, 1.165) is 58.5 Å². The molecular weight excluding hydrogens is 468 g/mol. The van der Waals surface area contributed by atoms with Gasteiger partial charge in [0.1, 0.15) is 22.9 Å². The van der Waals surface area contributed by atoms with Gasteiger partial charge in [0.15, 0.2) is 0 Å². The number of anilines is 1. The molecule has 4 aromatic rings. The number of H-pyrrole nitrogens is 1. The molecule has 0 saturated carbocycles. The molecule has 0 fully saturated rings. The summed E-state index contributed by atoms with van der Waals surface area (Å²) in [4.78, 5) is 27.1. The van der Waals surface area contributed by atoms with E-state index in [-0.39, 0.29) is 11.8 Å². The van der Waals surface area contributed by atoms with Crippen LogP contribution in [0.3, 0.4) is 0 Å². The first kappa shape index (κ1) is 22.7. The molecule has 3 aromatic heterocycles. The summed E-state index contributed by atoms with van der Waals surface area (Å²) in [5.41, 5.74) is 10.8. The fraction of sp³-hybridized carbons (Fsp3) is 0.250. The van der Waals surface area contributed by atoms with Crippen LogP contribution < -0.4 is 11.1 Å². The number of aromatic amines is 1. The molecular formula is C28H28N6OS. The van der Waals surface area contributed by atoms with Gasteiger partial charge >= 0.3 is 0 Å². The molecule has 182 valence electrons.